The number of hydrogen-bond acceptors (Lipinski definition) is 0. The molecule has 2 aliphatic carbocycles. The molecule has 2 rings (SSSR count). The van der Waals surface area contributed by atoms with Crippen molar-refractivity contribution < 1.29 is 0 Å². The lowest BCUT2D eigenvalue weighted by Gasteiger charge is -2.17. The maximum Gasteiger partial charge on any atom is 0.00559 e. The SMILES string of the molecule is C=C1C=C/C(C)=C/C(C2C=CC(C)=CC2)=C\C=C/C1. The summed E-state index contributed by atoms with van der Waals surface area (Å²) in [6.07, 6.45) is 22.0. The normalized spacial score (nSPS) is 30.9. The topological polar surface area (TPSA) is 0 Å². The van der Waals surface area contributed by atoms with Gasteiger partial charge in [-0.2, -0.15) is 0 Å². The molecule has 0 aromatic rings. The fraction of sp³-hybridized carbons (Fsp3) is 0.263. The fourth-order valence-corrected chi connectivity index (χ4v) is 2.28. The Bertz CT molecular complexity index is 530. The van der Waals surface area contributed by atoms with Crippen molar-refractivity contribution in [2.24, 2.45) is 5.92 Å². The molecular formula is C19H22. The molecule has 0 N–H and O–H groups in total. The molecule has 0 aromatic heterocycles. The summed E-state index contributed by atoms with van der Waals surface area (Å²) in [7, 11) is 0. The van der Waals surface area contributed by atoms with Crippen LogP contribution < -0.4 is 0 Å². The van der Waals surface area contributed by atoms with Gasteiger partial charge in [-0.05, 0) is 32.3 Å². The molecule has 19 heavy (non-hydrogen) atoms. The van der Waals surface area contributed by atoms with Crippen molar-refractivity contribution in [2.75, 3.05) is 0 Å². The van der Waals surface area contributed by atoms with Gasteiger partial charge in [-0.3, -0.25) is 0 Å². The van der Waals surface area contributed by atoms with E-state index in [9.17, 15) is 0 Å². The first-order chi connectivity index (χ1) is 9.15. The summed E-state index contributed by atoms with van der Waals surface area (Å²) in [5.41, 5.74) is 5.18. The fourth-order valence-electron chi connectivity index (χ4n) is 2.28. The minimum absolute atomic E-state index is 0.499. The second kappa shape index (κ2) is 6.38. The summed E-state index contributed by atoms with van der Waals surface area (Å²) in [4.78, 5) is 0. The molecule has 2 aliphatic rings. The van der Waals surface area contributed by atoms with Crippen LogP contribution in [0.2, 0.25) is 0 Å². The average molecular weight is 250 g/mol. The largest absolute Gasteiger partial charge is 0.0955 e. The number of hydrogen-bond donors (Lipinski definition) is 0. The van der Waals surface area contributed by atoms with Crippen LogP contribution in [0.1, 0.15) is 26.7 Å². The van der Waals surface area contributed by atoms with Crippen LogP contribution in [0.3, 0.4) is 0 Å². The zero-order valence-electron chi connectivity index (χ0n) is 11.9. The van der Waals surface area contributed by atoms with Crippen LogP contribution in [-0.4, -0.2) is 0 Å². The molecule has 0 fully saturated rings. The van der Waals surface area contributed by atoms with Gasteiger partial charge in [0.25, 0.3) is 0 Å². The molecule has 0 heterocycles. The summed E-state index contributed by atoms with van der Waals surface area (Å²) in [6.45, 7) is 8.34. The monoisotopic (exact) mass is 250 g/mol. The van der Waals surface area contributed by atoms with Crippen molar-refractivity contribution >= 4 is 0 Å². The van der Waals surface area contributed by atoms with Crippen LogP contribution >= 0.6 is 0 Å². The second-order valence-corrected chi connectivity index (χ2v) is 5.33. The third-order valence-electron chi connectivity index (χ3n) is 3.49. The first-order valence-corrected chi connectivity index (χ1v) is 6.91. The lowest BCUT2D eigenvalue weighted by molar-refractivity contribution is 0.778. The quantitative estimate of drug-likeness (QED) is 0.580. The van der Waals surface area contributed by atoms with E-state index in [0.717, 1.165) is 18.4 Å². The van der Waals surface area contributed by atoms with Crippen LogP contribution in [-0.2, 0) is 0 Å². The molecule has 0 spiro atoms. The lowest BCUT2D eigenvalue weighted by Crippen LogP contribution is -2.02. The molecule has 0 aliphatic heterocycles. The lowest BCUT2D eigenvalue weighted by atomic mass is 9.88. The Kier molecular flexibility index (Phi) is 4.57. The molecule has 0 saturated heterocycles. The maximum atomic E-state index is 4.03. The molecule has 0 bridgehead atoms. The van der Waals surface area contributed by atoms with Crippen molar-refractivity contribution in [1.82, 2.24) is 0 Å². The first-order valence-electron chi connectivity index (χ1n) is 6.91. The van der Waals surface area contributed by atoms with Gasteiger partial charge in [0.05, 0.1) is 0 Å². The Morgan fingerprint density at radius 1 is 1.11 bits per heavy atom. The van der Waals surface area contributed by atoms with Crippen LogP contribution in [0.5, 0.6) is 0 Å². The minimum atomic E-state index is 0.499. The zero-order chi connectivity index (χ0) is 13.7. The van der Waals surface area contributed by atoms with E-state index in [1.807, 2.05) is 0 Å². The van der Waals surface area contributed by atoms with Gasteiger partial charge < -0.3 is 0 Å². The van der Waals surface area contributed by atoms with Gasteiger partial charge in [0.15, 0.2) is 0 Å². The second-order valence-electron chi connectivity index (χ2n) is 5.33. The Morgan fingerprint density at radius 2 is 1.95 bits per heavy atom. The molecule has 0 radical (unpaired) electrons. The van der Waals surface area contributed by atoms with Gasteiger partial charge in [-0.25, -0.2) is 0 Å². The highest BCUT2D eigenvalue weighted by Gasteiger charge is 2.10. The van der Waals surface area contributed by atoms with Crippen LogP contribution in [0.4, 0.5) is 0 Å². The molecule has 0 heteroatoms. The van der Waals surface area contributed by atoms with Crippen LogP contribution in [0.15, 0.2) is 83.6 Å². The van der Waals surface area contributed by atoms with E-state index in [1.54, 1.807) is 0 Å². The third kappa shape index (κ3) is 4.10. The summed E-state index contributed by atoms with van der Waals surface area (Å²) < 4.78 is 0. The first kappa shape index (κ1) is 13.6. The Hall–Kier alpha value is -1.82. The van der Waals surface area contributed by atoms with E-state index in [1.165, 1.54) is 16.7 Å². The van der Waals surface area contributed by atoms with Crippen molar-refractivity contribution in [1.29, 1.82) is 0 Å². The molecule has 0 nitrogen and oxygen atoms in total. The highest BCUT2D eigenvalue weighted by molar-refractivity contribution is 5.40. The zero-order valence-corrected chi connectivity index (χ0v) is 11.9. The molecule has 0 saturated carbocycles. The number of rotatable bonds is 1. The molecule has 1 unspecified atom stereocenters. The smallest absolute Gasteiger partial charge is 0.00559 e. The van der Waals surface area contributed by atoms with E-state index >= 15 is 0 Å². The van der Waals surface area contributed by atoms with Gasteiger partial charge in [-0.15, -0.1) is 0 Å². The number of allylic oxidation sites excluding steroid dienone is 13. The highest BCUT2D eigenvalue weighted by Crippen LogP contribution is 2.26. The van der Waals surface area contributed by atoms with Crippen molar-refractivity contribution in [3.8, 4) is 0 Å². The van der Waals surface area contributed by atoms with E-state index in [0.29, 0.717) is 5.92 Å². The Balaban J connectivity index is 2.25. The van der Waals surface area contributed by atoms with E-state index in [-0.39, 0.29) is 0 Å². The minimum Gasteiger partial charge on any atom is -0.0955 e. The van der Waals surface area contributed by atoms with Gasteiger partial charge in [0.1, 0.15) is 0 Å². The standard InChI is InChI=1S/C19H22/c1-15-6-4-5-7-19(14-17(3)9-8-15)18-12-10-16(2)11-13-18/h4-5,7-12,14,18H,1,6,13H2,2-3H3/b5-4-,9-8?,17-14+,19-7+. The maximum absolute atomic E-state index is 4.03. The average Bonchev–Trinajstić information content (AvgIpc) is 2.40. The predicted octanol–water partition coefficient (Wildman–Crippen LogP) is 5.45. The van der Waals surface area contributed by atoms with E-state index < -0.39 is 0 Å². The van der Waals surface area contributed by atoms with Crippen LogP contribution in [0, 0.1) is 5.92 Å². The van der Waals surface area contributed by atoms with Crippen LogP contribution in [0.25, 0.3) is 0 Å². The van der Waals surface area contributed by atoms with Gasteiger partial charge >= 0.3 is 0 Å². The molecule has 0 amide bonds. The van der Waals surface area contributed by atoms with Gasteiger partial charge in [-0.1, -0.05) is 78.0 Å². The molecule has 98 valence electrons. The van der Waals surface area contributed by atoms with Crippen molar-refractivity contribution in [2.45, 2.75) is 26.7 Å². The van der Waals surface area contributed by atoms with E-state index in [4.69, 9.17) is 0 Å². The van der Waals surface area contributed by atoms with Crippen molar-refractivity contribution in [3.05, 3.63) is 83.6 Å². The van der Waals surface area contributed by atoms with Crippen molar-refractivity contribution in [3.63, 3.8) is 0 Å². The van der Waals surface area contributed by atoms with E-state index in [2.05, 4.69) is 75.1 Å². The summed E-state index contributed by atoms with van der Waals surface area (Å²) in [5, 5.41) is 0. The summed E-state index contributed by atoms with van der Waals surface area (Å²) in [6, 6.07) is 0. The summed E-state index contributed by atoms with van der Waals surface area (Å²) >= 11 is 0. The predicted molar refractivity (Wildman–Crippen MR) is 84.9 cm³/mol. The third-order valence-corrected chi connectivity index (χ3v) is 3.49. The van der Waals surface area contributed by atoms with Gasteiger partial charge in [0, 0.05) is 5.92 Å². The highest BCUT2D eigenvalue weighted by atomic mass is 14.2. The molecular weight excluding hydrogens is 228 g/mol. The molecule has 0 aromatic carbocycles. The Labute approximate surface area is 116 Å². The Morgan fingerprint density at radius 3 is 2.68 bits per heavy atom. The summed E-state index contributed by atoms with van der Waals surface area (Å²) in [5.74, 6) is 0.499. The molecule has 1 atom stereocenters. The van der Waals surface area contributed by atoms with Gasteiger partial charge in [0.2, 0.25) is 0 Å².